The van der Waals surface area contributed by atoms with Crippen LogP contribution in [0.1, 0.15) is 48.9 Å². The average molecular weight is 398 g/mol. The van der Waals surface area contributed by atoms with Gasteiger partial charge in [0.1, 0.15) is 0 Å². The van der Waals surface area contributed by atoms with Crippen molar-refractivity contribution in [2.24, 2.45) is 0 Å². The maximum absolute atomic E-state index is 6.39. The van der Waals surface area contributed by atoms with Crippen LogP contribution in [0.5, 0.6) is 0 Å². The van der Waals surface area contributed by atoms with Crippen LogP contribution in [0.15, 0.2) is 29.2 Å². The molecule has 0 bridgehead atoms. The van der Waals surface area contributed by atoms with E-state index in [1.165, 1.54) is 15.3 Å². The molecule has 0 radical (unpaired) electrons. The third kappa shape index (κ3) is 3.00. The van der Waals surface area contributed by atoms with Gasteiger partial charge in [0.25, 0.3) is 0 Å². The second kappa shape index (κ2) is 6.93. The van der Waals surface area contributed by atoms with Gasteiger partial charge in [-0.05, 0) is 24.5 Å². The summed E-state index contributed by atoms with van der Waals surface area (Å²) in [5.74, 6) is 1.03. The van der Waals surface area contributed by atoms with Gasteiger partial charge in [0.05, 0.1) is 29.0 Å². The molecule has 146 valence electrons. The lowest BCUT2D eigenvalue weighted by atomic mass is 9.82. The molecule has 2 aliphatic heterocycles. The molecule has 3 aromatic heterocycles. The highest BCUT2D eigenvalue weighted by Gasteiger charge is 2.43. The van der Waals surface area contributed by atoms with Gasteiger partial charge in [-0.25, -0.2) is 0 Å². The first-order chi connectivity index (χ1) is 13.6. The fourth-order valence-corrected chi connectivity index (χ4v) is 5.22. The van der Waals surface area contributed by atoms with Crippen LogP contribution < -0.4 is 4.90 Å². The molecule has 28 heavy (non-hydrogen) atoms. The van der Waals surface area contributed by atoms with E-state index in [2.05, 4.69) is 44.9 Å². The van der Waals surface area contributed by atoms with E-state index >= 15 is 0 Å². The summed E-state index contributed by atoms with van der Waals surface area (Å²) >= 11 is 1.82. The second-order valence-corrected chi connectivity index (χ2v) is 8.84. The van der Waals surface area contributed by atoms with E-state index in [4.69, 9.17) is 9.26 Å². The molecule has 0 amide bonds. The first-order valence-electron chi connectivity index (χ1n) is 9.77. The molecule has 0 N–H and O–H groups in total. The Balaban J connectivity index is 1.38. The van der Waals surface area contributed by atoms with Gasteiger partial charge >= 0.3 is 6.01 Å². The van der Waals surface area contributed by atoms with Gasteiger partial charge in [0.2, 0.25) is 0 Å². The normalized spacial score (nSPS) is 18.6. The van der Waals surface area contributed by atoms with E-state index < -0.39 is 0 Å². The van der Waals surface area contributed by atoms with Crippen molar-refractivity contribution in [3.8, 4) is 10.6 Å². The standard InChI is InChI=1S/C20H23N5O2S/c1-13(2)18-23-19(27-24-18)25-8-4-20(5-9-25)14-11-17(15-12-21-6-7-22-15)28-16(14)3-10-26-20/h6-7,11-13H,3-5,8-10H2,1-2H3. The third-order valence-electron chi connectivity index (χ3n) is 5.61. The van der Waals surface area contributed by atoms with Gasteiger partial charge in [-0.1, -0.05) is 19.0 Å². The smallest absolute Gasteiger partial charge is 0.324 e. The second-order valence-electron chi connectivity index (χ2n) is 7.71. The molecule has 0 aliphatic carbocycles. The molecule has 0 atom stereocenters. The van der Waals surface area contributed by atoms with Gasteiger partial charge in [0.15, 0.2) is 5.82 Å². The number of ether oxygens (including phenoxy) is 1. The minimum absolute atomic E-state index is 0.220. The molecule has 5 heterocycles. The first kappa shape index (κ1) is 17.8. The van der Waals surface area contributed by atoms with Gasteiger partial charge in [-0.2, -0.15) is 4.98 Å². The van der Waals surface area contributed by atoms with Gasteiger partial charge < -0.3 is 14.2 Å². The Morgan fingerprint density at radius 1 is 1.21 bits per heavy atom. The van der Waals surface area contributed by atoms with Crippen molar-refractivity contribution in [3.05, 3.63) is 40.9 Å². The van der Waals surface area contributed by atoms with Crippen molar-refractivity contribution in [1.29, 1.82) is 0 Å². The van der Waals surface area contributed by atoms with Crippen LogP contribution in [0.3, 0.4) is 0 Å². The number of anilines is 1. The van der Waals surface area contributed by atoms with Crippen molar-refractivity contribution in [2.45, 2.75) is 44.6 Å². The minimum atomic E-state index is -0.220. The Labute approximate surface area is 167 Å². The van der Waals surface area contributed by atoms with E-state index in [-0.39, 0.29) is 11.5 Å². The molecule has 0 aromatic carbocycles. The van der Waals surface area contributed by atoms with Gasteiger partial charge in [-0.15, -0.1) is 11.3 Å². The molecule has 5 rings (SSSR count). The number of aromatic nitrogens is 4. The van der Waals surface area contributed by atoms with Crippen LogP contribution in [0.25, 0.3) is 10.6 Å². The van der Waals surface area contributed by atoms with Gasteiger partial charge in [-0.3, -0.25) is 9.97 Å². The average Bonchev–Trinajstić information content (AvgIpc) is 3.38. The monoisotopic (exact) mass is 397 g/mol. The number of hydrogen-bond acceptors (Lipinski definition) is 8. The fraction of sp³-hybridized carbons (Fsp3) is 0.500. The molecule has 8 heteroatoms. The lowest BCUT2D eigenvalue weighted by molar-refractivity contribution is -0.0760. The molecule has 1 saturated heterocycles. The quantitative estimate of drug-likeness (QED) is 0.665. The highest BCUT2D eigenvalue weighted by atomic mass is 32.1. The zero-order valence-electron chi connectivity index (χ0n) is 16.1. The van der Waals surface area contributed by atoms with Crippen LogP contribution in [-0.2, 0) is 16.8 Å². The number of rotatable bonds is 3. The maximum atomic E-state index is 6.39. The lowest BCUT2D eigenvalue weighted by Gasteiger charge is -2.43. The van der Waals surface area contributed by atoms with E-state index in [0.29, 0.717) is 6.01 Å². The summed E-state index contributed by atoms with van der Waals surface area (Å²) in [7, 11) is 0. The molecule has 7 nitrogen and oxygen atoms in total. The third-order valence-corrected chi connectivity index (χ3v) is 6.83. The summed E-state index contributed by atoms with van der Waals surface area (Å²) in [6.07, 6.45) is 8.07. The summed E-state index contributed by atoms with van der Waals surface area (Å²) in [5.41, 5.74) is 2.04. The predicted octanol–water partition coefficient (Wildman–Crippen LogP) is 3.78. The van der Waals surface area contributed by atoms with Crippen molar-refractivity contribution in [1.82, 2.24) is 20.1 Å². The van der Waals surface area contributed by atoms with Crippen molar-refractivity contribution < 1.29 is 9.26 Å². The van der Waals surface area contributed by atoms with Crippen LogP contribution >= 0.6 is 11.3 Å². The largest absolute Gasteiger partial charge is 0.370 e. The van der Waals surface area contributed by atoms with Crippen molar-refractivity contribution >= 4 is 17.4 Å². The van der Waals surface area contributed by atoms with E-state index in [0.717, 1.165) is 50.5 Å². The first-order valence-corrected chi connectivity index (χ1v) is 10.6. The van der Waals surface area contributed by atoms with E-state index in [1.54, 1.807) is 12.4 Å². The Hall–Kier alpha value is -2.32. The lowest BCUT2D eigenvalue weighted by Crippen LogP contribution is -2.46. The van der Waals surface area contributed by atoms with Crippen LogP contribution in [-0.4, -0.2) is 39.8 Å². The number of piperidine rings is 1. The summed E-state index contributed by atoms with van der Waals surface area (Å²) in [4.78, 5) is 18.0. The Morgan fingerprint density at radius 2 is 2.07 bits per heavy atom. The van der Waals surface area contributed by atoms with E-state index in [1.807, 2.05) is 17.5 Å². The SMILES string of the molecule is CC(C)c1noc(N2CCC3(CC2)OCCc2sc(-c4cnccn4)cc23)n1. The molecule has 3 aromatic rings. The molecule has 1 fully saturated rings. The molecule has 0 unspecified atom stereocenters. The molecule has 0 saturated carbocycles. The number of thiophene rings is 1. The fourth-order valence-electron chi connectivity index (χ4n) is 4.03. The molecule has 2 aliphatic rings. The topological polar surface area (TPSA) is 77.2 Å². The van der Waals surface area contributed by atoms with Gasteiger partial charge in [0, 0.05) is 42.7 Å². The minimum Gasteiger partial charge on any atom is -0.370 e. The Kier molecular flexibility index (Phi) is 4.40. The van der Waals surface area contributed by atoms with Crippen molar-refractivity contribution in [3.63, 3.8) is 0 Å². The van der Waals surface area contributed by atoms with Crippen LogP contribution in [0.4, 0.5) is 6.01 Å². The van der Waals surface area contributed by atoms with Crippen LogP contribution in [0, 0.1) is 0 Å². The zero-order valence-corrected chi connectivity index (χ0v) is 16.9. The number of nitrogens with zero attached hydrogens (tertiary/aromatic N) is 5. The zero-order chi connectivity index (χ0) is 19.1. The number of hydrogen-bond donors (Lipinski definition) is 0. The summed E-state index contributed by atoms with van der Waals surface area (Å²) in [6, 6.07) is 2.89. The van der Waals surface area contributed by atoms with E-state index in [9.17, 15) is 0 Å². The maximum Gasteiger partial charge on any atom is 0.324 e. The predicted molar refractivity (Wildman–Crippen MR) is 107 cm³/mol. The number of fused-ring (bicyclic) bond motifs is 2. The van der Waals surface area contributed by atoms with Crippen LogP contribution in [0.2, 0.25) is 0 Å². The summed E-state index contributed by atoms with van der Waals surface area (Å²) in [6.45, 7) is 6.60. The van der Waals surface area contributed by atoms with Crippen molar-refractivity contribution in [2.75, 3.05) is 24.6 Å². The molecular formula is C20H23N5O2S. The highest BCUT2D eigenvalue weighted by Crippen LogP contribution is 2.46. The Bertz CT molecular complexity index is 960. The molecular weight excluding hydrogens is 374 g/mol. The molecule has 1 spiro atoms. The summed E-state index contributed by atoms with van der Waals surface area (Å²) < 4.78 is 11.9. The summed E-state index contributed by atoms with van der Waals surface area (Å²) in [5, 5.41) is 4.10. The Morgan fingerprint density at radius 3 is 2.79 bits per heavy atom. The highest BCUT2D eigenvalue weighted by molar-refractivity contribution is 7.15.